The number of alkyl halides is 3. The van der Waals surface area contributed by atoms with Crippen LogP contribution < -0.4 is 0 Å². The molecule has 0 aliphatic heterocycles. The van der Waals surface area contributed by atoms with Crippen LogP contribution >= 0.6 is 11.3 Å². The number of hydrogen-bond donors (Lipinski definition) is 2. The molecule has 0 spiro atoms. The second-order valence-electron chi connectivity index (χ2n) is 5.80. The van der Waals surface area contributed by atoms with E-state index in [0.717, 1.165) is 22.9 Å². The summed E-state index contributed by atoms with van der Waals surface area (Å²) in [6.45, 7) is 3.04. The SMILES string of the molecule is CC(c1nccs1)N(C)Cc1cccc(-c2ncn[nH]2)c1.O=C(O)C(F)(F)F. The third-order valence-corrected chi connectivity index (χ3v) is 4.71. The van der Waals surface area contributed by atoms with Crippen molar-refractivity contribution in [1.29, 1.82) is 0 Å². The maximum Gasteiger partial charge on any atom is 0.490 e. The molecular weight excluding hydrogens is 395 g/mol. The van der Waals surface area contributed by atoms with Gasteiger partial charge in [-0.2, -0.15) is 18.3 Å². The molecule has 0 fully saturated rings. The van der Waals surface area contributed by atoms with Crippen molar-refractivity contribution in [1.82, 2.24) is 25.1 Å². The van der Waals surface area contributed by atoms with E-state index in [9.17, 15) is 13.2 Å². The molecule has 1 unspecified atom stereocenters. The number of carbonyl (C=O) groups is 1. The van der Waals surface area contributed by atoms with Crippen molar-refractivity contribution >= 4 is 17.3 Å². The van der Waals surface area contributed by atoms with E-state index in [1.165, 1.54) is 11.9 Å². The highest BCUT2D eigenvalue weighted by Gasteiger charge is 2.38. The minimum atomic E-state index is -5.08. The lowest BCUT2D eigenvalue weighted by molar-refractivity contribution is -0.192. The van der Waals surface area contributed by atoms with Crippen LogP contribution in [0.5, 0.6) is 0 Å². The van der Waals surface area contributed by atoms with Gasteiger partial charge in [-0.05, 0) is 25.6 Å². The molecule has 0 saturated heterocycles. The van der Waals surface area contributed by atoms with E-state index < -0.39 is 12.1 Å². The highest BCUT2D eigenvalue weighted by atomic mass is 32.1. The van der Waals surface area contributed by atoms with Gasteiger partial charge in [-0.25, -0.2) is 14.8 Å². The molecule has 0 aliphatic carbocycles. The third kappa shape index (κ3) is 6.13. The van der Waals surface area contributed by atoms with Crippen LogP contribution in [0.25, 0.3) is 11.4 Å². The summed E-state index contributed by atoms with van der Waals surface area (Å²) in [5, 5.41) is 17.1. The second-order valence-corrected chi connectivity index (χ2v) is 6.72. The number of thiazole rings is 1. The fourth-order valence-corrected chi connectivity index (χ4v) is 2.98. The van der Waals surface area contributed by atoms with Crippen molar-refractivity contribution in [2.45, 2.75) is 25.7 Å². The Bertz CT molecular complexity index is 869. The summed E-state index contributed by atoms with van der Waals surface area (Å²) in [6.07, 6.45) is -1.70. The first-order valence-corrected chi connectivity index (χ1v) is 8.91. The average molecular weight is 413 g/mol. The number of halogens is 3. The lowest BCUT2D eigenvalue weighted by Crippen LogP contribution is -2.21. The fraction of sp³-hybridized carbons (Fsp3) is 0.294. The highest BCUT2D eigenvalue weighted by Crippen LogP contribution is 2.23. The number of rotatable bonds is 5. The minimum Gasteiger partial charge on any atom is -0.475 e. The monoisotopic (exact) mass is 413 g/mol. The zero-order valence-electron chi connectivity index (χ0n) is 15.0. The van der Waals surface area contributed by atoms with Crippen LogP contribution in [0.15, 0.2) is 42.2 Å². The molecular formula is C17H18F3N5O2S. The van der Waals surface area contributed by atoms with E-state index in [0.29, 0.717) is 6.04 Å². The molecule has 0 radical (unpaired) electrons. The maximum absolute atomic E-state index is 10.6. The maximum atomic E-state index is 10.6. The first-order valence-electron chi connectivity index (χ1n) is 8.03. The summed E-state index contributed by atoms with van der Waals surface area (Å²) in [5.74, 6) is -1.96. The molecule has 1 atom stereocenters. The number of H-pyrrole nitrogens is 1. The van der Waals surface area contributed by atoms with Gasteiger partial charge in [-0.15, -0.1) is 11.3 Å². The second kappa shape index (κ2) is 9.42. The van der Waals surface area contributed by atoms with Crippen LogP contribution in [0.4, 0.5) is 13.2 Å². The molecule has 3 aromatic rings. The van der Waals surface area contributed by atoms with Gasteiger partial charge in [0, 0.05) is 23.7 Å². The standard InChI is InChI=1S/C15H17N5S.C2HF3O2/c1-11(15-16-6-7-21-15)20(2)9-12-4-3-5-13(8-12)14-17-10-18-19-14;3-2(4,5)1(6)7/h3-8,10-11H,9H2,1-2H3,(H,17,18,19);(H,6,7). The topological polar surface area (TPSA) is 95.0 Å². The van der Waals surface area contributed by atoms with Crippen LogP contribution in [0.1, 0.15) is 23.5 Å². The lowest BCUT2D eigenvalue weighted by atomic mass is 10.1. The smallest absolute Gasteiger partial charge is 0.475 e. The number of hydrogen-bond acceptors (Lipinski definition) is 6. The predicted molar refractivity (Wildman–Crippen MR) is 97.5 cm³/mol. The molecule has 3 rings (SSSR count). The molecule has 28 heavy (non-hydrogen) atoms. The number of carboxylic acid groups (broad SMARTS) is 1. The van der Waals surface area contributed by atoms with Gasteiger partial charge in [-0.3, -0.25) is 10.00 Å². The summed E-state index contributed by atoms with van der Waals surface area (Å²) in [5.41, 5.74) is 2.30. The number of nitrogens with one attached hydrogen (secondary N) is 1. The number of carboxylic acids is 1. The van der Waals surface area contributed by atoms with E-state index >= 15 is 0 Å². The number of nitrogens with zero attached hydrogens (tertiary/aromatic N) is 4. The Hall–Kier alpha value is -2.79. The minimum absolute atomic E-state index is 0.305. The molecule has 0 saturated carbocycles. The van der Waals surface area contributed by atoms with E-state index in [2.05, 4.69) is 57.2 Å². The van der Waals surface area contributed by atoms with Crippen LogP contribution in [-0.2, 0) is 11.3 Å². The summed E-state index contributed by atoms with van der Waals surface area (Å²) >= 11 is 1.70. The quantitative estimate of drug-likeness (QED) is 0.662. The van der Waals surface area contributed by atoms with Gasteiger partial charge < -0.3 is 5.11 Å². The Balaban J connectivity index is 0.000000345. The summed E-state index contributed by atoms with van der Waals surface area (Å²) in [7, 11) is 2.12. The van der Waals surface area contributed by atoms with E-state index in [-0.39, 0.29) is 0 Å². The number of aliphatic carboxylic acids is 1. The third-order valence-electron chi connectivity index (χ3n) is 3.76. The molecule has 1 aromatic carbocycles. The van der Waals surface area contributed by atoms with E-state index in [4.69, 9.17) is 9.90 Å². The van der Waals surface area contributed by atoms with Crippen LogP contribution in [0.3, 0.4) is 0 Å². The molecule has 0 bridgehead atoms. The largest absolute Gasteiger partial charge is 0.490 e. The summed E-state index contributed by atoms with van der Waals surface area (Å²) in [4.78, 5) is 19.8. The average Bonchev–Trinajstić information content (AvgIpc) is 3.35. The molecule has 7 nitrogen and oxygen atoms in total. The first kappa shape index (κ1) is 21.5. The van der Waals surface area contributed by atoms with Gasteiger partial charge in [0.1, 0.15) is 11.3 Å². The van der Waals surface area contributed by atoms with Gasteiger partial charge in [0.15, 0.2) is 5.82 Å². The van der Waals surface area contributed by atoms with Crippen molar-refractivity contribution in [3.8, 4) is 11.4 Å². The Morgan fingerprint density at radius 2 is 2.07 bits per heavy atom. The summed E-state index contributed by atoms with van der Waals surface area (Å²) in [6, 6.07) is 8.67. The summed E-state index contributed by atoms with van der Waals surface area (Å²) < 4.78 is 31.7. The highest BCUT2D eigenvalue weighted by molar-refractivity contribution is 7.09. The Labute approximate surface area is 162 Å². The van der Waals surface area contributed by atoms with Crippen LogP contribution in [-0.4, -0.2) is 49.4 Å². The van der Waals surface area contributed by atoms with E-state index in [1.54, 1.807) is 11.3 Å². The van der Waals surface area contributed by atoms with Crippen molar-refractivity contribution in [2.75, 3.05) is 7.05 Å². The zero-order valence-corrected chi connectivity index (χ0v) is 15.8. The molecule has 11 heteroatoms. The molecule has 150 valence electrons. The molecule has 2 aromatic heterocycles. The Morgan fingerprint density at radius 1 is 1.36 bits per heavy atom. The van der Waals surface area contributed by atoms with Crippen molar-refractivity contribution in [3.05, 3.63) is 52.7 Å². The molecule has 0 aliphatic rings. The predicted octanol–water partition coefficient (Wildman–Crippen LogP) is 3.75. The zero-order chi connectivity index (χ0) is 20.7. The normalized spacial score (nSPS) is 12.4. The van der Waals surface area contributed by atoms with Crippen LogP contribution in [0.2, 0.25) is 0 Å². The lowest BCUT2D eigenvalue weighted by Gasteiger charge is -2.23. The molecule has 2 heterocycles. The van der Waals surface area contributed by atoms with Gasteiger partial charge in [-0.1, -0.05) is 18.2 Å². The fourth-order valence-electron chi connectivity index (χ4n) is 2.22. The van der Waals surface area contributed by atoms with Crippen LogP contribution in [0, 0.1) is 0 Å². The van der Waals surface area contributed by atoms with Crippen molar-refractivity contribution in [3.63, 3.8) is 0 Å². The first-order chi connectivity index (χ1) is 13.2. The van der Waals surface area contributed by atoms with Crippen molar-refractivity contribution < 1.29 is 23.1 Å². The van der Waals surface area contributed by atoms with Gasteiger partial charge in [0.2, 0.25) is 0 Å². The van der Waals surface area contributed by atoms with Gasteiger partial charge in [0.25, 0.3) is 0 Å². The number of aromatic amines is 1. The van der Waals surface area contributed by atoms with E-state index in [1.807, 2.05) is 17.6 Å². The number of aromatic nitrogens is 4. The molecule has 2 N–H and O–H groups in total. The van der Waals surface area contributed by atoms with Gasteiger partial charge in [0.05, 0.1) is 6.04 Å². The van der Waals surface area contributed by atoms with Crippen molar-refractivity contribution in [2.24, 2.45) is 0 Å². The van der Waals surface area contributed by atoms with Gasteiger partial charge >= 0.3 is 12.1 Å². The number of benzene rings is 1. The Morgan fingerprint density at radius 3 is 2.61 bits per heavy atom. The molecule has 0 amide bonds. The Kier molecular flexibility index (Phi) is 7.24.